The molecule has 6 heteroatoms. The summed E-state index contributed by atoms with van der Waals surface area (Å²) in [5.41, 5.74) is 6.60. The van der Waals surface area contributed by atoms with Gasteiger partial charge in [-0.05, 0) is 58.0 Å². The molecule has 3 N–H and O–H groups in total. The second kappa shape index (κ2) is 6.04. The van der Waals surface area contributed by atoms with Crippen LogP contribution in [0.2, 0.25) is 0 Å². The van der Waals surface area contributed by atoms with Crippen molar-refractivity contribution >= 4 is 10.0 Å². The van der Waals surface area contributed by atoms with Crippen LogP contribution in [0.3, 0.4) is 0 Å². The molecule has 0 aliphatic heterocycles. The van der Waals surface area contributed by atoms with Crippen molar-refractivity contribution in [1.82, 2.24) is 9.62 Å². The average Bonchev–Trinajstić information content (AvgIpc) is 2.37. The fourth-order valence-electron chi connectivity index (χ4n) is 2.64. The molecule has 0 bridgehead atoms. The van der Waals surface area contributed by atoms with Gasteiger partial charge in [0, 0.05) is 18.1 Å². The lowest BCUT2D eigenvalue weighted by Crippen LogP contribution is -2.57. The van der Waals surface area contributed by atoms with Crippen molar-refractivity contribution < 1.29 is 8.42 Å². The Morgan fingerprint density at radius 3 is 2.52 bits per heavy atom. The molecule has 0 saturated heterocycles. The van der Waals surface area contributed by atoms with E-state index >= 15 is 0 Å². The maximum absolute atomic E-state index is 12.4. The first-order valence-corrected chi connectivity index (χ1v) is 8.78. The van der Waals surface area contributed by atoms with Crippen LogP contribution in [-0.4, -0.2) is 39.5 Å². The molecule has 1 atom stereocenters. The van der Waals surface area contributed by atoms with E-state index in [9.17, 15) is 8.42 Å². The molecule has 0 heterocycles. The standard InChI is InChI=1S/C15H25N3O2S/c1-12(16)13-6-4-7-14(10-13)21(19,20)17-11-15(18(2)3)8-5-9-15/h4,6-7,10,12,17H,5,8-9,11,16H2,1-3H3. The number of sulfonamides is 1. The molecule has 118 valence electrons. The molecule has 0 spiro atoms. The van der Waals surface area contributed by atoms with Gasteiger partial charge in [-0.3, -0.25) is 0 Å². The highest BCUT2D eigenvalue weighted by Gasteiger charge is 2.39. The minimum Gasteiger partial charge on any atom is -0.324 e. The Morgan fingerprint density at radius 2 is 2.05 bits per heavy atom. The molecular weight excluding hydrogens is 286 g/mol. The first kappa shape index (κ1) is 16.4. The summed E-state index contributed by atoms with van der Waals surface area (Å²) in [4.78, 5) is 2.41. The molecule has 1 fully saturated rings. The molecular formula is C15H25N3O2S. The minimum atomic E-state index is -3.49. The maximum atomic E-state index is 12.4. The molecule has 1 aromatic carbocycles. The summed E-state index contributed by atoms with van der Waals surface area (Å²) in [5, 5.41) is 0. The fraction of sp³-hybridized carbons (Fsp3) is 0.600. The third kappa shape index (κ3) is 3.45. The van der Waals surface area contributed by atoms with Gasteiger partial charge in [0.05, 0.1) is 4.90 Å². The highest BCUT2D eigenvalue weighted by atomic mass is 32.2. The van der Waals surface area contributed by atoms with E-state index in [0.717, 1.165) is 24.8 Å². The van der Waals surface area contributed by atoms with Crippen LogP contribution in [-0.2, 0) is 10.0 Å². The van der Waals surface area contributed by atoms with Crippen LogP contribution < -0.4 is 10.5 Å². The Kier molecular flexibility index (Phi) is 4.72. The van der Waals surface area contributed by atoms with Crippen molar-refractivity contribution in [3.8, 4) is 0 Å². The maximum Gasteiger partial charge on any atom is 0.240 e. The Bertz CT molecular complexity index is 593. The lowest BCUT2D eigenvalue weighted by molar-refractivity contribution is 0.0657. The monoisotopic (exact) mass is 311 g/mol. The summed E-state index contributed by atoms with van der Waals surface area (Å²) in [6.45, 7) is 2.29. The topological polar surface area (TPSA) is 75.4 Å². The van der Waals surface area contributed by atoms with Crippen molar-refractivity contribution in [3.05, 3.63) is 29.8 Å². The van der Waals surface area contributed by atoms with Crippen LogP contribution in [0.1, 0.15) is 37.8 Å². The third-order valence-corrected chi connectivity index (χ3v) is 5.92. The van der Waals surface area contributed by atoms with Crippen LogP contribution >= 0.6 is 0 Å². The van der Waals surface area contributed by atoms with Crippen molar-refractivity contribution in [2.24, 2.45) is 5.73 Å². The van der Waals surface area contributed by atoms with E-state index in [-0.39, 0.29) is 16.5 Å². The number of benzene rings is 1. The highest BCUT2D eigenvalue weighted by Crippen LogP contribution is 2.35. The van der Waals surface area contributed by atoms with E-state index in [1.807, 2.05) is 27.1 Å². The second-order valence-corrected chi connectivity index (χ2v) is 7.92. The fourth-order valence-corrected chi connectivity index (χ4v) is 3.82. The van der Waals surface area contributed by atoms with E-state index in [2.05, 4.69) is 9.62 Å². The molecule has 1 unspecified atom stereocenters. The van der Waals surface area contributed by atoms with Gasteiger partial charge >= 0.3 is 0 Å². The number of hydrogen-bond acceptors (Lipinski definition) is 4. The minimum absolute atomic E-state index is 0.0359. The summed E-state index contributed by atoms with van der Waals surface area (Å²) < 4.78 is 27.6. The average molecular weight is 311 g/mol. The molecule has 21 heavy (non-hydrogen) atoms. The van der Waals surface area contributed by atoms with Crippen molar-refractivity contribution in [1.29, 1.82) is 0 Å². The van der Waals surface area contributed by atoms with Gasteiger partial charge in [-0.1, -0.05) is 12.1 Å². The molecule has 0 amide bonds. The molecule has 0 radical (unpaired) electrons. The van der Waals surface area contributed by atoms with Crippen LogP contribution in [0.15, 0.2) is 29.2 Å². The number of nitrogens with zero attached hydrogens (tertiary/aromatic N) is 1. The molecule has 1 aliphatic carbocycles. The Morgan fingerprint density at radius 1 is 1.38 bits per heavy atom. The molecule has 1 aromatic rings. The Hall–Kier alpha value is -0.950. The molecule has 0 aromatic heterocycles. The molecule has 1 saturated carbocycles. The number of hydrogen-bond donors (Lipinski definition) is 2. The SMILES string of the molecule is CC(N)c1cccc(S(=O)(=O)NCC2(N(C)C)CCC2)c1. The summed E-state index contributed by atoms with van der Waals surface area (Å²) in [6, 6.07) is 6.66. The molecule has 5 nitrogen and oxygen atoms in total. The third-order valence-electron chi connectivity index (χ3n) is 4.52. The van der Waals surface area contributed by atoms with Gasteiger partial charge in [0.25, 0.3) is 0 Å². The zero-order valence-corrected chi connectivity index (χ0v) is 13.8. The second-order valence-electron chi connectivity index (χ2n) is 6.16. The number of nitrogens with two attached hydrogens (primary N) is 1. The summed E-state index contributed by atoms with van der Waals surface area (Å²) in [6.07, 6.45) is 3.21. The largest absolute Gasteiger partial charge is 0.324 e. The zero-order valence-electron chi connectivity index (χ0n) is 13.0. The smallest absolute Gasteiger partial charge is 0.240 e. The summed E-state index contributed by atoms with van der Waals surface area (Å²) in [7, 11) is 0.517. The van der Waals surface area contributed by atoms with Crippen molar-refractivity contribution in [2.75, 3.05) is 20.6 Å². The number of rotatable bonds is 6. The van der Waals surface area contributed by atoms with Crippen LogP contribution in [0.25, 0.3) is 0 Å². The van der Waals surface area contributed by atoms with E-state index in [1.54, 1.807) is 18.2 Å². The predicted molar refractivity (Wildman–Crippen MR) is 84.5 cm³/mol. The van der Waals surface area contributed by atoms with Crippen molar-refractivity contribution in [3.63, 3.8) is 0 Å². The van der Waals surface area contributed by atoms with Gasteiger partial charge in [-0.15, -0.1) is 0 Å². The Balaban J connectivity index is 2.13. The number of likely N-dealkylation sites (N-methyl/N-ethyl adjacent to an activating group) is 1. The van der Waals surface area contributed by atoms with Crippen LogP contribution in [0.5, 0.6) is 0 Å². The van der Waals surface area contributed by atoms with Gasteiger partial charge in [-0.25, -0.2) is 13.1 Å². The van der Waals surface area contributed by atoms with Crippen LogP contribution in [0.4, 0.5) is 0 Å². The van der Waals surface area contributed by atoms with Crippen molar-refractivity contribution in [2.45, 2.75) is 42.7 Å². The zero-order chi connectivity index (χ0) is 15.7. The van der Waals surface area contributed by atoms with Gasteiger partial charge in [0.15, 0.2) is 0 Å². The molecule has 2 rings (SSSR count). The first-order valence-electron chi connectivity index (χ1n) is 7.29. The van der Waals surface area contributed by atoms with Gasteiger partial charge in [-0.2, -0.15) is 0 Å². The predicted octanol–water partition coefficient (Wildman–Crippen LogP) is 1.47. The molecule has 1 aliphatic rings. The quantitative estimate of drug-likeness (QED) is 0.834. The summed E-state index contributed by atoms with van der Waals surface area (Å²) >= 11 is 0. The number of nitrogens with one attached hydrogen (secondary N) is 1. The van der Waals surface area contributed by atoms with Crippen LogP contribution in [0, 0.1) is 0 Å². The van der Waals surface area contributed by atoms with E-state index in [4.69, 9.17) is 5.73 Å². The van der Waals surface area contributed by atoms with E-state index in [1.165, 1.54) is 0 Å². The van der Waals surface area contributed by atoms with E-state index < -0.39 is 10.0 Å². The van der Waals surface area contributed by atoms with Gasteiger partial charge in [0.2, 0.25) is 10.0 Å². The lowest BCUT2D eigenvalue weighted by atomic mass is 9.76. The highest BCUT2D eigenvalue weighted by molar-refractivity contribution is 7.89. The summed E-state index contributed by atoms with van der Waals surface area (Å²) in [5.74, 6) is 0. The lowest BCUT2D eigenvalue weighted by Gasteiger charge is -2.47. The normalized spacial score (nSPS) is 19.3. The van der Waals surface area contributed by atoms with E-state index in [0.29, 0.717) is 6.54 Å². The van der Waals surface area contributed by atoms with Gasteiger partial charge < -0.3 is 10.6 Å². The first-order chi connectivity index (χ1) is 9.77. The Labute approximate surface area is 127 Å². The van der Waals surface area contributed by atoms with Gasteiger partial charge in [0.1, 0.15) is 0 Å².